The Balaban J connectivity index is 2.89. The number of amides is 1. The minimum absolute atomic E-state index is 0.183. The Hall–Kier alpha value is -1.56. The molecule has 1 aromatic heterocycles. The van der Waals surface area contributed by atoms with Gasteiger partial charge in [-0.25, -0.2) is 4.98 Å². The van der Waals surface area contributed by atoms with Crippen molar-refractivity contribution in [3.05, 3.63) is 11.2 Å². The van der Waals surface area contributed by atoms with Gasteiger partial charge in [-0.05, 0) is 13.8 Å². The number of nitrogens with one attached hydrogen (secondary N) is 2. The standard InChI is InChI=1S/C10H16ClN5O/c1-10(2,4-7(12)17)16-8-6(11)5-14-9(13-3)15-8/h5H,4H2,1-3H3,(H2,12,17)(H2,13,14,15,16). The lowest BCUT2D eigenvalue weighted by Gasteiger charge is -2.25. The highest BCUT2D eigenvalue weighted by Crippen LogP contribution is 2.24. The van der Waals surface area contributed by atoms with Crippen molar-refractivity contribution in [2.45, 2.75) is 25.8 Å². The molecule has 0 spiro atoms. The third-order valence-corrected chi connectivity index (χ3v) is 2.32. The van der Waals surface area contributed by atoms with Crippen molar-refractivity contribution in [1.82, 2.24) is 9.97 Å². The Morgan fingerprint density at radius 3 is 2.76 bits per heavy atom. The van der Waals surface area contributed by atoms with Crippen molar-refractivity contribution >= 4 is 29.3 Å². The van der Waals surface area contributed by atoms with E-state index in [0.29, 0.717) is 16.8 Å². The summed E-state index contributed by atoms with van der Waals surface area (Å²) in [6.45, 7) is 3.69. The summed E-state index contributed by atoms with van der Waals surface area (Å²) in [6.07, 6.45) is 1.67. The number of hydrogen-bond acceptors (Lipinski definition) is 5. The summed E-state index contributed by atoms with van der Waals surface area (Å²) in [6, 6.07) is 0. The quantitative estimate of drug-likeness (QED) is 0.738. The molecule has 0 saturated carbocycles. The van der Waals surface area contributed by atoms with Crippen LogP contribution in [0.2, 0.25) is 5.02 Å². The molecule has 0 bridgehead atoms. The lowest BCUT2D eigenvalue weighted by atomic mass is 10.0. The van der Waals surface area contributed by atoms with E-state index in [1.165, 1.54) is 6.20 Å². The van der Waals surface area contributed by atoms with Crippen molar-refractivity contribution < 1.29 is 4.79 Å². The molecule has 0 aliphatic rings. The highest BCUT2D eigenvalue weighted by atomic mass is 35.5. The normalized spacial score (nSPS) is 11.1. The second kappa shape index (κ2) is 5.18. The molecule has 0 unspecified atom stereocenters. The SMILES string of the molecule is CNc1ncc(Cl)c(NC(C)(C)CC(N)=O)n1. The molecular weight excluding hydrogens is 242 g/mol. The van der Waals surface area contributed by atoms with Crippen LogP contribution in [0, 0.1) is 0 Å². The zero-order valence-corrected chi connectivity index (χ0v) is 10.8. The molecule has 1 rings (SSSR count). The van der Waals surface area contributed by atoms with Gasteiger partial charge < -0.3 is 16.4 Å². The molecular formula is C10H16ClN5O. The van der Waals surface area contributed by atoms with E-state index >= 15 is 0 Å². The summed E-state index contributed by atoms with van der Waals surface area (Å²) in [5.41, 5.74) is 4.65. The smallest absolute Gasteiger partial charge is 0.224 e. The van der Waals surface area contributed by atoms with Crippen LogP contribution >= 0.6 is 11.6 Å². The van der Waals surface area contributed by atoms with Gasteiger partial charge in [-0.3, -0.25) is 4.79 Å². The number of anilines is 2. The average molecular weight is 258 g/mol. The first-order valence-corrected chi connectivity index (χ1v) is 5.48. The van der Waals surface area contributed by atoms with Gasteiger partial charge in [0.1, 0.15) is 5.02 Å². The third kappa shape index (κ3) is 4.07. The van der Waals surface area contributed by atoms with E-state index in [2.05, 4.69) is 20.6 Å². The predicted molar refractivity (Wildman–Crippen MR) is 68.1 cm³/mol. The fourth-order valence-corrected chi connectivity index (χ4v) is 1.51. The van der Waals surface area contributed by atoms with Gasteiger partial charge in [0.25, 0.3) is 0 Å². The molecule has 0 atom stereocenters. The molecule has 7 heteroatoms. The molecule has 1 amide bonds. The number of rotatable bonds is 5. The zero-order valence-electron chi connectivity index (χ0n) is 10.0. The molecule has 0 fully saturated rings. The topological polar surface area (TPSA) is 92.9 Å². The Kier molecular flexibility index (Phi) is 4.11. The fraction of sp³-hybridized carbons (Fsp3) is 0.500. The Labute approximate surface area is 105 Å². The fourth-order valence-electron chi connectivity index (χ4n) is 1.38. The molecule has 6 nitrogen and oxygen atoms in total. The zero-order chi connectivity index (χ0) is 13.1. The minimum Gasteiger partial charge on any atom is -0.370 e. The molecule has 0 aromatic carbocycles. The number of hydrogen-bond donors (Lipinski definition) is 3. The summed E-state index contributed by atoms with van der Waals surface area (Å²) < 4.78 is 0. The maximum atomic E-state index is 10.9. The molecule has 17 heavy (non-hydrogen) atoms. The summed E-state index contributed by atoms with van der Waals surface area (Å²) in [5.74, 6) is 0.533. The highest BCUT2D eigenvalue weighted by Gasteiger charge is 2.22. The summed E-state index contributed by atoms with van der Waals surface area (Å²) in [5, 5.41) is 6.27. The predicted octanol–water partition coefficient (Wildman–Crippen LogP) is 1.24. The monoisotopic (exact) mass is 257 g/mol. The van der Waals surface area contributed by atoms with Gasteiger partial charge in [-0.15, -0.1) is 0 Å². The third-order valence-electron chi connectivity index (χ3n) is 2.04. The van der Waals surface area contributed by atoms with Crippen LogP contribution in [0.3, 0.4) is 0 Å². The molecule has 1 aromatic rings. The molecule has 0 radical (unpaired) electrons. The van der Waals surface area contributed by atoms with Gasteiger partial charge in [-0.2, -0.15) is 4.98 Å². The van der Waals surface area contributed by atoms with E-state index in [-0.39, 0.29) is 12.3 Å². The van der Waals surface area contributed by atoms with E-state index < -0.39 is 5.54 Å². The largest absolute Gasteiger partial charge is 0.370 e. The Morgan fingerprint density at radius 2 is 2.24 bits per heavy atom. The van der Waals surface area contributed by atoms with Crippen LogP contribution in [0.5, 0.6) is 0 Å². The van der Waals surface area contributed by atoms with Crippen LogP contribution in [0.25, 0.3) is 0 Å². The van der Waals surface area contributed by atoms with Crippen molar-refractivity contribution in [3.63, 3.8) is 0 Å². The number of primary amides is 1. The highest BCUT2D eigenvalue weighted by molar-refractivity contribution is 6.32. The second-order valence-corrected chi connectivity index (χ2v) is 4.70. The lowest BCUT2D eigenvalue weighted by molar-refractivity contribution is -0.118. The maximum Gasteiger partial charge on any atom is 0.224 e. The van der Waals surface area contributed by atoms with Crippen LogP contribution in [-0.4, -0.2) is 28.5 Å². The first-order valence-electron chi connectivity index (χ1n) is 5.11. The number of carbonyl (C=O) groups is 1. The lowest BCUT2D eigenvalue weighted by Crippen LogP contribution is -2.36. The van der Waals surface area contributed by atoms with E-state index in [1.807, 2.05) is 13.8 Å². The molecule has 0 aliphatic heterocycles. The van der Waals surface area contributed by atoms with Gasteiger partial charge in [0.15, 0.2) is 5.82 Å². The second-order valence-electron chi connectivity index (χ2n) is 4.29. The molecule has 0 saturated heterocycles. The number of aromatic nitrogens is 2. The van der Waals surface area contributed by atoms with Gasteiger partial charge >= 0.3 is 0 Å². The number of nitrogens with zero attached hydrogens (tertiary/aromatic N) is 2. The molecule has 4 N–H and O–H groups in total. The molecule has 1 heterocycles. The van der Waals surface area contributed by atoms with Crippen LogP contribution in [0.4, 0.5) is 11.8 Å². The van der Waals surface area contributed by atoms with Crippen LogP contribution in [0.1, 0.15) is 20.3 Å². The van der Waals surface area contributed by atoms with Crippen molar-refractivity contribution in [2.75, 3.05) is 17.7 Å². The van der Waals surface area contributed by atoms with Gasteiger partial charge in [0.2, 0.25) is 11.9 Å². The van der Waals surface area contributed by atoms with E-state index in [9.17, 15) is 4.79 Å². The van der Waals surface area contributed by atoms with E-state index in [4.69, 9.17) is 17.3 Å². The Bertz CT molecular complexity index is 421. The number of carbonyl (C=O) groups excluding carboxylic acids is 1. The first-order chi connectivity index (χ1) is 7.84. The van der Waals surface area contributed by atoms with Crippen molar-refractivity contribution in [3.8, 4) is 0 Å². The van der Waals surface area contributed by atoms with E-state index in [0.717, 1.165) is 0 Å². The summed E-state index contributed by atoms with van der Waals surface area (Å²) in [7, 11) is 1.71. The number of nitrogens with two attached hydrogens (primary N) is 1. The summed E-state index contributed by atoms with van der Waals surface area (Å²) in [4.78, 5) is 19.0. The molecule has 0 aliphatic carbocycles. The maximum absolute atomic E-state index is 10.9. The Morgan fingerprint density at radius 1 is 1.59 bits per heavy atom. The summed E-state index contributed by atoms with van der Waals surface area (Å²) >= 11 is 5.96. The molecule has 94 valence electrons. The van der Waals surface area contributed by atoms with Crippen molar-refractivity contribution in [2.24, 2.45) is 5.73 Å². The van der Waals surface area contributed by atoms with Gasteiger partial charge in [0.05, 0.1) is 6.20 Å². The number of halogens is 1. The van der Waals surface area contributed by atoms with E-state index in [1.54, 1.807) is 7.05 Å². The van der Waals surface area contributed by atoms with Crippen LogP contribution < -0.4 is 16.4 Å². The average Bonchev–Trinajstić information content (AvgIpc) is 2.19. The van der Waals surface area contributed by atoms with Crippen LogP contribution in [0.15, 0.2) is 6.20 Å². The van der Waals surface area contributed by atoms with Gasteiger partial charge in [0, 0.05) is 19.0 Å². The van der Waals surface area contributed by atoms with Gasteiger partial charge in [-0.1, -0.05) is 11.6 Å². The first kappa shape index (κ1) is 13.5. The minimum atomic E-state index is -0.519. The van der Waals surface area contributed by atoms with Crippen LogP contribution in [-0.2, 0) is 4.79 Å². The van der Waals surface area contributed by atoms with Crippen molar-refractivity contribution in [1.29, 1.82) is 0 Å².